The molecule has 10 aliphatic rings. The van der Waals surface area contributed by atoms with E-state index in [-0.39, 0.29) is 29.1 Å². The van der Waals surface area contributed by atoms with Gasteiger partial charge in [0.25, 0.3) is 0 Å². The molecule has 31 atom stereocenters. The van der Waals surface area contributed by atoms with Crippen LogP contribution in [0.3, 0.4) is 0 Å². The third kappa shape index (κ3) is 12.6. The molecule has 30 heteroatoms. The van der Waals surface area contributed by atoms with Crippen LogP contribution in [0.5, 0.6) is 0 Å². The van der Waals surface area contributed by atoms with Crippen molar-refractivity contribution in [2.24, 2.45) is 45.3 Å². The molecule has 10 rings (SSSR count). The number of aliphatic hydroxyl groups excluding tert-OH is 10. The van der Waals surface area contributed by atoms with Crippen molar-refractivity contribution in [1.82, 2.24) is 0 Å². The summed E-state index contributed by atoms with van der Waals surface area (Å²) < 4.78 is 118. The number of allylic oxidation sites excluding steroid dienone is 2. The van der Waals surface area contributed by atoms with Crippen molar-refractivity contribution in [2.75, 3.05) is 33.5 Å². The number of carbonyl (C=O) groups excluding carboxylic acids is 2. The van der Waals surface area contributed by atoms with Crippen molar-refractivity contribution in [2.45, 2.75) is 273 Å². The van der Waals surface area contributed by atoms with E-state index < -0.39 is 212 Å². The summed E-state index contributed by atoms with van der Waals surface area (Å²) >= 11 is 0. The van der Waals surface area contributed by atoms with E-state index in [1.54, 1.807) is 0 Å². The minimum absolute atomic E-state index is 0.00396. The molecular weight excluding hydrogens is 1220 g/mol. The predicted octanol–water partition coefficient (Wildman–Crippen LogP) is -0.837. The summed E-state index contributed by atoms with van der Waals surface area (Å²) in [6.07, 6.45) is -30.9. The SMILES string of the molecule is COC1C(O)C(CO)OC(OC2C(O)COC(OC3C(C)OC(OC4C(O[C@H]5CC[C@]6(C)C7CCC89C(=O)O[C@@](C)(CCCC(C)C)[C@H]8[C@@H](OC(C)=O)C[C@@]9(C)C7=CCC6C5(C)C)OCC(OS(=O)(=O)O)C4O)C(OC4OCC(O)C(O)C4O)C3O)C2O)C1O. The maximum absolute atomic E-state index is 14.8. The molecule has 25 unspecified atom stereocenters. The molecule has 0 bridgehead atoms. The molecule has 6 aliphatic heterocycles. The predicted molar refractivity (Wildman–Crippen MR) is 302 cm³/mol. The Kier molecular flexibility index (Phi) is 20.8. The second kappa shape index (κ2) is 26.6. The van der Waals surface area contributed by atoms with Crippen LogP contribution in [0.15, 0.2) is 11.6 Å². The van der Waals surface area contributed by atoms with Crippen LogP contribution in [0, 0.1) is 45.3 Å². The van der Waals surface area contributed by atoms with Crippen molar-refractivity contribution in [3.05, 3.63) is 11.6 Å². The van der Waals surface area contributed by atoms with E-state index in [4.69, 9.17) is 65.8 Å². The highest BCUT2D eigenvalue weighted by molar-refractivity contribution is 7.80. The molecule has 90 heavy (non-hydrogen) atoms. The highest BCUT2D eigenvalue weighted by Crippen LogP contribution is 2.77. The second-order valence-corrected chi connectivity index (χ2v) is 29.5. The van der Waals surface area contributed by atoms with Gasteiger partial charge >= 0.3 is 22.3 Å². The minimum Gasteiger partial charge on any atom is -0.462 e. The standard InChI is InChI=1S/C60H96O29S/c1-25(2)12-11-17-59(9)49-32(81-27(4)62)20-58(8)29-13-14-35-56(5,6)36(16-18-57(35,7)28(29)15-19-60(49,58)55(72)88-59)83-53-47(39(67)34(24-79-53)89-90(73,74)75)87-54-48(86-50-40(68)37(65)30(63)22-77-50)41(69)44(26(3)80-54)84-51-42(70)45(31(64)23-78-51)85-52-43(71)46(76-10)38(66)33(21-61)82-52/h13,25-26,28,30-54,61,63-71H,11-12,14-24H2,1-10H3,(H,73,74,75)/t26?,28?,30?,31?,32-,33?,34?,35?,36-,37?,38?,39?,40?,41?,42?,43?,44?,45?,46?,47?,48?,49+,50?,51?,52?,53?,54?,57+,58-,59-,60?/m0/s1. The van der Waals surface area contributed by atoms with Crippen LogP contribution < -0.4 is 0 Å². The third-order valence-electron chi connectivity index (χ3n) is 22.1. The number of hydrogen-bond donors (Lipinski definition) is 11. The Hall–Kier alpha value is -2.29. The maximum atomic E-state index is 14.8. The lowest BCUT2D eigenvalue weighted by Crippen LogP contribution is -2.67. The van der Waals surface area contributed by atoms with Gasteiger partial charge in [-0.1, -0.05) is 59.6 Å². The zero-order valence-corrected chi connectivity index (χ0v) is 53.4. The van der Waals surface area contributed by atoms with Gasteiger partial charge in [-0.25, -0.2) is 4.18 Å². The lowest BCUT2D eigenvalue weighted by Gasteiger charge is -2.64. The quantitative estimate of drug-likeness (QED) is 0.0427. The van der Waals surface area contributed by atoms with Gasteiger partial charge in [0.05, 0.1) is 50.0 Å². The van der Waals surface area contributed by atoms with Crippen molar-refractivity contribution >= 4 is 22.3 Å². The monoisotopic (exact) mass is 1310 g/mol. The van der Waals surface area contributed by atoms with Crippen molar-refractivity contribution in [3.8, 4) is 0 Å². The Balaban J connectivity index is 0.904. The molecule has 0 amide bonds. The number of cyclic esters (lactones) is 1. The molecule has 0 radical (unpaired) electrons. The number of hydrogen-bond acceptors (Lipinski definition) is 28. The summed E-state index contributed by atoms with van der Waals surface area (Å²) in [5, 5.41) is 111. The lowest BCUT2D eigenvalue weighted by atomic mass is 9.41. The van der Waals surface area contributed by atoms with Crippen LogP contribution >= 0.6 is 0 Å². The van der Waals surface area contributed by atoms with E-state index in [1.165, 1.54) is 26.5 Å². The molecule has 0 aromatic carbocycles. The fourth-order valence-electron chi connectivity index (χ4n) is 17.7. The molecule has 4 aliphatic carbocycles. The van der Waals surface area contributed by atoms with Gasteiger partial charge in [0.15, 0.2) is 31.5 Å². The second-order valence-electron chi connectivity index (χ2n) is 28.4. The van der Waals surface area contributed by atoms with Gasteiger partial charge in [0.2, 0.25) is 0 Å². The third-order valence-corrected chi connectivity index (χ3v) is 22.6. The normalized spacial score (nSPS) is 50.3. The Morgan fingerprint density at radius 2 is 1.32 bits per heavy atom. The Labute approximate surface area is 523 Å². The fraction of sp³-hybridized carbons (Fsp3) is 0.933. The van der Waals surface area contributed by atoms with Gasteiger partial charge in [0.1, 0.15) is 109 Å². The van der Waals surface area contributed by atoms with Gasteiger partial charge in [-0.15, -0.1) is 0 Å². The Bertz CT molecular complexity index is 2670. The van der Waals surface area contributed by atoms with Gasteiger partial charge in [-0.2, -0.15) is 8.42 Å². The van der Waals surface area contributed by atoms with E-state index in [0.29, 0.717) is 50.9 Å². The average Bonchev–Trinajstić information content (AvgIpc) is 1.46. The summed E-state index contributed by atoms with van der Waals surface area (Å²) in [4.78, 5) is 27.6. The molecule has 0 aromatic rings. The van der Waals surface area contributed by atoms with E-state index in [2.05, 4.69) is 47.6 Å². The Morgan fingerprint density at radius 1 is 0.700 bits per heavy atom. The van der Waals surface area contributed by atoms with Crippen LogP contribution in [-0.2, 0) is 85.8 Å². The number of aliphatic hydroxyl groups is 10. The van der Waals surface area contributed by atoms with Gasteiger partial charge in [-0.3, -0.25) is 14.1 Å². The zero-order chi connectivity index (χ0) is 65.7. The molecule has 6 saturated heterocycles. The molecular formula is C60H96O29S. The number of ether oxygens (including phenoxy) is 13. The van der Waals surface area contributed by atoms with Crippen LogP contribution in [0.25, 0.3) is 0 Å². The summed E-state index contributed by atoms with van der Waals surface area (Å²) in [5.74, 6) is -0.620. The molecule has 3 saturated carbocycles. The first-order valence-corrected chi connectivity index (χ1v) is 33.0. The largest absolute Gasteiger partial charge is 0.462 e. The summed E-state index contributed by atoms with van der Waals surface area (Å²) in [6, 6.07) is 0. The summed E-state index contributed by atoms with van der Waals surface area (Å²) in [6.45, 7) is 15.2. The topological polar surface area (TPSA) is 420 Å². The Morgan fingerprint density at radius 3 is 1.98 bits per heavy atom. The molecule has 6 heterocycles. The van der Waals surface area contributed by atoms with Crippen LogP contribution in [-0.4, -0.2) is 263 Å². The van der Waals surface area contributed by atoms with Crippen molar-refractivity contribution in [1.29, 1.82) is 0 Å². The molecule has 9 fully saturated rings. The maximum Gasteiger partial charge on any atom is 0.397 e. The van der Waals surface area contributed by atoms with Crippen molar-refractivity contribution in [3.63, 3.8) is 0 Å². The van der Waals surface area contributed by atoms with E-state index >= 15 is 0 Å². The first-order valence-electron chi connectivity index (χ1n) is 31.6. The average molecular weight is 1310 g/mol. The first-order chi connectivity index (χ1) is 42.2. The first kappa shape index (κ1) is 70.5. The van der Waals surface area contributed by atoms with Crippen LogP contribution in [0.2, 0.25) is 0 Å². The number of carbonyl (C=O) groups is 2. The molecule has 0 aromatic heterocycles. The number of methoxy groups -OCH3 is 1. The summed E-state index contributed by atoms with van der Waals surface area (Å²) in [5.41, 5.74) is -2.36. The van der Waals surface area contributed by atoms with Gasteiger partial charge < -0.3 is 113 Å². The highest BCUT2D eigenvalue weighted by atomic mass is 32.3. The van der Waals surface area contributed by atoms with E-state index in [9.17, 15) is 73.6 Å². The zero-order valence-electron chi connectivity index (χ0n) is 52.6. The van der Waals surface area contributed by atoms with Crippen LogP contribution in [0.4, 0.5) is 0 Å². The van der Waals surface area contributed by atoms with Gasteiger partial charge in [0, 0.05) is 19.4 Å². The number of fused-ring (bicyclic) bond motifs is 4. The van der Waals surface area contributed by atoms with Gasteiger partial charge in [-0.05, 0) is 93.8 Å². The van der Waals surface area contributed by atoms with Crippen LogP contribution in [0.1, 0.15) is 120 Å². The van der Waals surface area contributed by atoms with E-state index in [0.717, 1.165) is 12.8 Å². The lowest BCUT2D eigenvalue weighted by molar-refractivity contribution is -0.399. The molecule has 1 spiro atoms. The highest BCUT2D eigenvalue weighted by Gasteiger charge is 2.79. The number of esters is 2. The minimum atomic E-state index is -5.26. The summed E-state index contributed by atoms with van der Waals surface area (Å²) in [7, 11) is -4.06. The number of rotatable bonds is 19. The molecule has 516 valence electrons. The van der Waals surface area contributed by atoms with E-state index in [1.807, 2.05) is 6.92 Å². The van der Waals surface area contributed by atoms with Crippen molar-refractivity contribution < 1.29 is 139 Å². The molecule has 11 N–H and O–H groups in total. The molecule has 29 nitrogen and oxygen atoms in total. The smallest absolute Gasteiger partial charge is 0.397 e. The fourth-order valence-corrected chi connectivity index (χ4v) is 18.2.